The predicted octanol–water partition coefficient (Wildman–Crippen LogP) is 3.79. The molecule has 6 nitrogen and oxygen atoms in total. The lowest BCUT2D eigenvalue weighted by molar-refractivity contribution is 0.376. The van der Waals surface area contributed by atoms with Crippen LogP contribution in [0.5, 0.6) is 6.01 Å². The number of methoxy groups -OCH3 is 1. The third-order valence-corrected chi connectivity index (χ3v) is 6.74. The number of anilines is 2. The maximum atomic E-state index is 14.2. The zero-order valence-electron chi connectivity index (χ0n) is 17.7. The van der Waals surface area contributed by atoms with Gasteiger partial charge >= 0.3 is 6.01 Å². The molecule has 2 aromatic carbocycles. The fourth-order valence-corrected chi connectivity index (χ4v) is 4.94. The smallest absolute Gasteiger partial charge is 0.318 e. The number of nitrogens with zero attached hydrogens (tertiary/aromatic N) is 4. The summed E-state index contributed by atoms with van der Waals surface area (Å²) in [5.74, 6) is 0.536. The molecule has 1 aromatic heterocycles. The Kier molecular flexibility index (Phi) is 5.32. The van der Waals surface area contributed by atoms with E-state index in [2.05, 4.69) is 27.1 Å². The molecule has 0 spiro atoms. The van der Waals surface area contributed by atoms with Crippen molar-refractivity contribution in [2.75, 3.05) is 43.6 Å². The summed E-state index contributed by atoms with van der Waals surface area (Å²) < 4.78 is 19.7. The second-order valence-electron chi connectivity index (χ2n) is 8.12. The Hall–Kier alpha value is -2.64. The van der Waals surface area contributed by atoms with Gasteiger partial charge in [-0.1, -0.05) is 29.8 Å². The molecule has 5 rings (SSSR count). The normalized spacial score (nSPS) is 18.3. The highest BCUT2D eigenvalue weighted by Gasteiger charge is 2.29. The number of benzene rings is 2. The van der Waals surface area contributed by atoms with E-state index in [9.17, 15) is 4.39 Å². The fourth-order valence-electron chi connectivity index (χ4n) is 4.67. The maximum Gasteiger partial charge on any atom is 0.318 e. The van der Waals surface area contributed by atoms with Crippen molar-refractivity contribution in [2.45, 2.75) is 25.4 Å². The number of hydrogen-bond donors (Lipinski definition) is 1. The van der Waals surface area contributed by atoms with Crippen LogP contribution in [0.15, 0.2) is 30.3 Å². The molecule has 0 saturated carbocycles. The molecule has 0 amide bonds. The van der Waals surface area contributed by atoms with Gasteiger partial charge < -0.3 is 19.9 Å². The molecule has 0 radical (unpaired) electrons. The Morgan fingerprint density at radius 3 is 2.90 bits per heavy atom. The van der Waals surface area contributed by atoms with Gasteiger partial charge in [0.25, 0.3) is 0 Å². The van der Waals surface area contributed by atoms with E-state index in [4.69, 9.17) is 21.3 Å². The Balaban J connectivity index is 1.55. The molecular formula is C23H25ClFN5O. The number of rotatable bonds is 4. The molecule has 0 bridgehead atoms. The quantitative estimate of drug-likeness (QED) is 0.664. The number of aromatic nitrogens is 2. The molecule has 0 aliphatic carbocycles. The summed E-state index contributed by atoms with van der Waals surface area (Å²) in [5, 5.41) is 5.24. The van der Waals surface area contributed by atoms with Crippen molar-refractivity contribution in [3.8, 4) is 6.01 Å². The van der Waals surface area contributed by atoms with Crippen molar-refractivity contribution < 1.29 is 9.13 Å². The van der Waals surface area contributed by atoms with Gasteiger partial charge in [0.05, 0.1) is 24.4 Å². The Labute approximate surface area is 186 Å². The molecule has 8 heteroatoms. The van der Waals surface area contributed by atoms with Crippen LogP contribution in [0.1, 0.15) is 17.7 Å². The van der Waals surface area contributed by atoms with Gasteiger partial charge in [-0.3, -0.25) is 0 Å². The molecule has 2 aliphatic heterocycles. The number of nitrogens with one attached hydrogen (secondary N) is 1. The summed E-state index contributed by atoms with van der Waals surface area (Å²) >= 11 is 6.38. The third kappa shape index (κ3) is 3.55. The summed E-state index contributed by atoms with van der Waals surface area (Å²) in [7, 11) is 3.69. The minimum absolute atomic E-state index is 0.160. The molecule has 31 heavy (non-hydrogen) atoms. The van der Waals surface area contributed by atoms with Crippen molar-refractivity contribution in [1.82, 2.24) is 15.3 Å². The summed E-state index contributed by atoms with van der Waals surface area (Å²) in [6.45, 7) is 3.33. The van der Waals surface area contributed by atoms with Gasteiger partial charge in [-0.15, -0.1) is 0 Å². The first-order valence-electron chi connectivity index (χ1n) is 10.6. The second-order valence-corrected chi connectivity index (χ2v) is 8.50. The number of halogens is 2. The van der Waals surface area contributed by atoms with Gasteiger partial charge in [0.2, 0.25) is 0 Å². The Morgan fingerprint density at radius 2 is 2.13 bits per heavy atom. The van der Waals surface area contributed by atoms with Gasteiger partial charge in [-0.25, -0.2) is 4.39 Å². The third-order valence-electron chi connectivity index (χ3n) is 6.38. The lowest BCUT2D eigenvalue weighted by Gasteiger charge is -2.34. The van der Waals surface area contributed by atoms with E-state index in [1.165, 1.54) is 6.07 Å². The monoisotopic (exact) mass is 441 g/mol. The van der Waals surface area contributed by atoms with E-state index < -0.39 is 5.82 Å². The van der Waals surface area contributed by atoms with Crippen molar-refractivity contribution in [1.29, 1.82) is 0 Å². The van der Waals surface area contributed by atoms with Gasteiger partial charge in [0.15, 0.2) is 0 Å². The molecule has 1 N–H and O–H groups in total. The molecule has 1 unspecified atom stereocenters. The first kappa shape index (κ1) is 20.3. The number of ether oxygens (including phenoxy) is 1. The second kappa shape index (κ2) is 8.13. The average Bonchev–Trinajstić information content (AvgIpc) is 3.34. The van der Waals surface area contributed by atoms with Gasteiger partial charge in [0, 0.05) is 42.8 Å². The molecule has 1 saturated heterocycles. The minimum atomic E-state index is -0.405. The highest BCUT2D eigenvalue weighted by molar-refractivity contribution is 6.36. The molecule has 162 valence electrons. The molecule has 1 fully saturated rings. The largest absolute Gasteiger partial charge is 0.467 e. The van der Waals surface area contributed by atoms with Crippen LogP contribution in [0.4, 0.5) is 15.9 Å². The van der Waals surface area contributed by atoms with E-state index >= 15 is 0 Å². The standard InChI is InChI=1S/C23H25ClFN5O/c1-29(15-8-10-26-12-15)22-16-9-11-30(13-18(16)27-23(28-22)31-2)19-5-3-4-14-6-7-17(25)21(24)20(14)19/h3-7,15,26H,8-13H2,1-2H3. The number of likely N-dealkylation sites (N-methyl/N-ethyl adjacent to an activating group) is 1. The van der Waals surface area contributed by atoms with Gasteiger partial charge in [-0.05, 0) is 36.9 Å². The highest BCUT2D eigenvalue weighted by Crippen LogP contribution is 2.38. The predicted molar refractivity (Wildman–Crippen MR) is 122 cm³/mol. The fraction of sp³-hybridized carbons (Fsp3) is 0.391. The first-order valence-corrected chi connectivity index (χ1v) is 10.9. The van der Waals surface area contributed by atoms with Crippen LogP contribution in [0.25, 0.3) is 10.8 Å². The van der Waals surface area contributed by atoms with E-state index in [0.717, 1.165) is 66.0 Å². The van der Waals surface area contributed by atoms with Gasteiger partial charge in [-0.2, -0.15) is 9.97 Å². The maximum absolute atomic E-state index is 14.2. The van der Waals surface area contributed by atoms with Crippen LogP contribution in [-0.2, 0) is 13.0 Å². The SMILES string of the molecule is COc1nc2c(c(N(C)C3CCNC3)n1)CCN(c1cccc3ccc(F)c(Cl)c13)C2. The summed E-state index contributed by atoms with van der Waals surface area (Å²) in [4.78, 5) is 13.8. The average molecular weight is 442 g/mol. The molecule has 1 atom stereocenters. The van der Waals surface area contributed by atoms with E-state index in [1.807, 2.05) is 18.2 Å². The van der Waals surface area contributed by atoms with Crippen LogP contribution < -0.4 is 19.9 Å². The van der Waals surface area contributed by atoms with E-state index in [0.29, 0.717) is 18.6 Å². The minimum Gasteiger partial charge on any atom is -0.467 e. The summed E-state index contributed by atoms with van der Waals surface area (Å²) in [6, 6.07) is 9.89. The van der Waals surface area contributed by atoms with Gasteiger partial charge in [0.1, 0.15) is 11.6 Å². The molecule has 3 heterocycles. The van der Waals surface area contributed by atoms with Crippen molar-refractivity contribution in [3.05, 3.63) is 52.4 Å². The number of fused-ring (bicyclic) bond motifs is 2. The van der Waals surface area contributed by atoms with Crippen molar-refractivity contribution >= 4 is 33.9 Å². The van der Waals surface area contributed by atoms with E-state index in [1.54, 1.807) is 13.2 Å². The zero-order valence-corrected chi connectivity index (χ0v) is 18.4. The lowest BCUT2D eigenvalue weighted by atomic mass is 10.0. The van der Waals surface area contributed by atoms with Crippen LogP contribution in [-0.4, -0.2) is 49.8 Å². The van der Waals surface area contributed by atoms with Crippen molar-refractivity contribution in [3.63, 3.8) is 0 Å². The Morgan fingerprint density at radius 1 is 1.26 bits per heavy atom. The topological polar surface area (TPSA) is 53.5 Å². The molecular weight excluding hydrogens is 417 g/mol. The van der Waals surface area contributed by atoms with Crippen LogP contribution in [0.2, 0.25) is 5.02 Å². The molecule has 3 aromatic rings. The summed E-state index contributed by atoms with van der Waals surface area (Å²) in [6.07, 6.45) is 1.88. The van der Waals surface area contributed by atoms with Crippen LogP contribution in [0, 0.1) is 5.82 Å². The number of hydrogen-bond acceptors (Lipinski definition) is 6. The van der Waals surface area contributed by atoms with Crippen molar-refractivity contribution in [2.24, 2.45) is 0 Å². The highest BCUT2D eigenvalue weighted by atomic mass is 35.5. The Bertz CT molecular complexity index is 1130. The summed E-state index contributed by atoms with van der Waals surface area (Å²) in [5.41, 5.74) is 3.01. The molecule has 2 aliphatic rings. The first-order chi connectivity index (χ1) is 15.1. The van der Waals surface area contributed by atoms with Crippen LogP contribution in [0.3, 0.4) is 0 Å². The lowest BCUT2D eigenvalue weighted by Crippen LogP contribution is -2.37. The van der Waals surface area contributed by atoms with Crippen LogP contribution >= 0.6 is 11.6 Å². The zero-order chi connectivity index (χ0) is 21.5. The van der Waals surface area contributed by atoms with E-state index in [-0.39, 0.29) is 5.02 Å².